The third kappa shape index (κ3) is 5.17. The zero-order valence-electron chi connectivity index (χ0n) is 16.9. The Morgan fingerprint density at radius 3 is 2.50 bits per heavy atom. The molecule has 7 nitrogen and oxygen atoms in total. The molecule has 1 amide bonds. The first-order chi connectivity index (χ1) is 14.4. The van der Waals surface area contributed by atoms with E-state index < -0.39 is 22.0 Å². The van der Waals surface area contributed by atoms with E-state index in [-0.39, 0.29) is 4.90 Å². The van der Waals surface area contributed by atoms with Gasteiger partial charge in [0.15, 0.2) is 6.10 Å². The van der Waals surface area contributed by atoms with Crippen molar-refractivity contribution in [2.75, 3.05) is 18.4 Å². The number of nitrogens with one attached hydrogen (secondary N) is 1. The van der Waals surface area contributed by atoms with Gasteiger partial charge in [-0.05, 0) is 50.1 Å². The number of para-hydroxylation sites is 1. The molecule has 2 aromatic carbocycles. The summed E-state index contributed by atoms with van der Waals surface area (Å²) in [7, 11) is -3.61. The Labute approximate surface area is 177 Å². The van der Waals surface area contributed by atoms with Gasteiger partial charge in [0.05, 0.1) is 10.5 Å². The molecular formula is C22H25N3O4S. The fourth-order valence-corrected chi connectivity index (χ4v) is 4.88. The van der Waals surface area contributed by atoms with Gasteiger partial charge in [0.2, 0.25) is 10.0 Å². The minimum Gasteiger partial charge on any atom is -0.480 e. The second-order valence-electron chi connectivity index (χ2n) is 7.20. The summed E-state index contributed by atoms with van der Waals surface area (Å²) in [5.41, 5.74) is 0.711. The number of anilines is 1. The van der Waals surface area contributed by atoms with Crippen LogP contribution in [-0.4, -0.2) is 37.8 Å². The van der Waals surface area contributed by atoms with Crippen LogP contribution >= 0.6 is 0 Å². The van der Waals surface area contributed by atoms with Crippen LogP contribution in [0.15, 0.2) is 53.4 Å². The van der Waals surface area contributed by atoms with Crippen LogP contribution in [0.2, 0.25) is 0 Å². The molecule has 0 radical (unpaired) electrons. The molecule has 1 aliphatic heterocycles. The number of nitrogens with zero attached hydrogens (tertiary/aromatic N) is 2. The van der Waals surface area contributed by atoms with Crippen LogP contribution in [0.4, 0.5) is 5.69 Å². The molecule has 8 heteroatoms. The SMILES string of the molecule is CC(Oc1ccccc1C#N)C(=O)Nc1cccc(S(=O)(=O)N2CCCCCC2)c1. The van der Waals surface area contributed by atoms with Gasteiger partial charge in [-0.3, -0.25) is 4.79 Å². The summed E-state index contributed by atoms with van der Waals surface area (Å²) < 4.78 is 33.1. The second kappa shape index (κ2) is 9.74. The molecule has 1 saturated heterocycles. The monoisotopic (exact) mass is 427 g/mol. The molecule has 3 rings (SSSR count). The maximum absolute atomic E-state index is 13.0. The Morgan fingerprint density at radius 2 is 1.80 bits per heavy atom. The minimum absolute atomic E-state index is 0.158. The van der Waals surface area contributed by atoms with E-state index in [1.54, 1.807) is 49.4 Å². The molecule has 158 valence electrons. The predicted molar refractivity (Wildman–Crippen MR) is 114 cm³/mol. The average Bonchev–Trinajstić information content (AvgIpc) is 3.04. The number of sulfonamides is 1. The van der Waals surface area contributed by atoms with Gasteiger partial charge in [-0.2, -0.15) is 9.57 Å². The van der Waals surface area contributed by atoms with Crippen molar-refractivity contribution in [1.29, 1.82) is 5.26 Å². The summed E-state index contributed by atoms with van der Waals surface area (Å²) in [6.07, 6.45) is 2.91. The van der Waals surface area contributed by atoms with E-state index >= 15 is 0 Å². The fraction of sp³-hybridized carbons (Fsp3) is 0.364. The maximum Gasteiger partial charge on any atom is 0.265 e. The number of carbonyl (C=O) groups is 1. The molecule has 0 spiro atoms. The molecule has 2 aromatic rings. The number of ether oxygens (including phenoxy) is 1. The van der Waals surface area contributed by atoms with E-state index in [2.05, 4.69) is 5.32 Å². The van der Waals surface area contributed by atoms with Crippen LogP contribution in [0, 0.1) is 11.3 Å². The lowest BCUT2D eigenvalue weighted by molar-refractivity contribution is -0.122. The Morgan fingerprint density at radius 1 is 1.10 bits per heavy atom. The highest BCUT2D eigenvalue weighted by atomic mass is 32.2. The van der Waals surface area contributed by atoms with Gasteiger partial charge in [-0.1, -0.05) is 31.0 Å². The van der Waals surface area contributed by atoms with E-state index in [4.69, 9.17) is 10.00 Å². The first-order valence-electron chi connectivity index (χ1n) is 9.98. The lowest BCUT2D eigenvalue weighted by Crippen LogP contribution is -2.32. The minimum atomic E-state index is -3.61. The average molecular weight is 428 g/mol. The van der Waals surface area contributed by atoms with Crippen molar-refractivity contribution in [2.24, 2.45) is 0 Å². The van der Waals surface area contributed by atoms with Crippen LogP contribution in [0.5, 0.6) is 5.75 Å². The number of rotatable bonds is 6. The van der Waals surface area contributed by atoms with Crippen LogP contribution in [0.3, 0.4) is 0 Å². The standard InChI is InChI=1S/C22H25N3O4S/c1-17(29-21-12-5-4-9-18(21)16-23)22(26)24-19-10-8-11-20(15-19)30(27,28)25-13-6-2-3-7-14-25/h4-5,8-12,15,17H,2-3,6-7,13-14H2,1H3,(H,24,26). The Balaban J connectivity index is 1.71. The fourth-order valence-electron chi connectivity index (χ4n) is 3.32. The molecule has 0 aliphatic carbocycles. The summed E-state index contributed by atoms with van der Waals surface area (Å²) in [5, 5.41) is 11.8. The topological polar surface area (TPSA) is 99.5 Å². The number of benzene rings is 2. The molecule has 1 unspecified atom stereocenters. The largest absolute Gasteiger partial charge is 0.480 e. The quantitative estimate of drug-likeness (QED) is 0.760. The van der Waals surface area contributed by atoms with Gasteiger partial charge < -0.3 is 10.1 Å². The van der Waals surface area contributed by atoms with Crippen molar-refractivity contribution in [3.05, 3.63) is 54.1 Å². The Kier molecular flexibility index (Phi) is 7.08. The highest BCUT2D eigenvalue weighted by Gasteiger charge is 2.25. The van der Waals surface area contributed by atoms with Gasteiger partial charge in [0.1, 0.15) is 11.8 Å². The molecule has 1 N–H and O–H groups in total. The van der Waals surface area contributed by atoms with Crippen LogP contribution in [0.25, 0.3) is 0 Å². The third-order valence-electron chi connectivity index (χ3n) is 4.98. The number of amides is 1. The highest BCUT2D eigenvalue weighted by molar-refractivity contribution is 7.89. The van der Waals surface area contributed by atoms with E-state index in [0.29, 0.717) is 30.1 Å². The zero-order chi connectivity index (χ0) is 21.6. The number of hydrogen-bond acceptors (Lipinski definition) is 5. The number of carbonyl (C=O) groups excluding carboxylic acids is 1. The van der Waals surface area contributed by atoms with E-state index in [9.17, 15) is 13.2 Å². The van der Waals surface area contributed by atoms with Crippen LogP contribution < -0.4 is 10.1 Å². The van der Waals surface area contributed by atoms with Gasteiger partial charge >= 0.3 is 0 Å². The molecule has 1 heterocycles. The summed E-state index contributed by atoms with van der Waals surface area (Å²) in [5.74, 6) is -0.118. The Bertz CT molecular complexity index is 1040. The molecular weight excluding hydrogens is 402 g/mol. The summed E-state index contributed by atoms with van der Waals surface area (Å²) in [4.78, 5) is 12.7. The van der Waals surface area contributed by atoms with Crippen molar-refractivity contribution in [3.63, 3.8) is 0 Å². The number of hydrogen-bond donors (Lipinski definition) is 1. The summed E-state index contributed by atoms with van der Waals surface area (Å²) >= 11 is 0. The van der Waals surface area contributed by atoms with Gasteiger partial charge in [-0.25, -0.2) is 8.42 Å². The smallest absolute Gasteiger partial charge is 0.265 e. The molecule has 1 aliphatic rings. The van der Waals surface area contributed by atoms with E-state index in [1.165, 1.54) is 10.4 Å². The zero-order valence-corrected chi connectivity index (χ0v) is 17.7. The van der Waals surface area contributed by atoms with Gasteiger partial charge in [0.25, 0.3) is 5.91 Å². The van der Waals surface area contributed by atoms with Crippen molar-refractivity contribution in [2.45, 2.75) is 43.6 Å². The van der Waals surface area contributed by atoms with Gasteiger partial charge in [-0.15, -0.1) is 0 Å². The summed E-state index contributed by atoms with van der Waals surface area (Å²) in [6, 6.07) is 14.9. The third-order valence-corrected chi connectivity index (χ3v) is 6.88. The first-order valence-corrected chi connectivity index (χ1v) is 11.4. The molecule has 30 heavy (non-hydrogen) atoms. The van der Waals surface area contributed by atoms with Gasteiger partial charge in [0, 0.05) is 18.8 Å². The predicted octanol–water partition coefficient (Wildman–Crippen LogP) is 3.53. The summed E-state index contributed by atoms with van der Waals surface area (Å²) in [6.45, 7) is 2.60. The molecule has 0 aromatic heterocycles. The lowest BCUT2D eigenvalue weighted by Gasteiger charge is -2.20. The van der Waals surface area contributed by atoms with Crippen LogP contribution in [-0.2, 0) is 14.8 Å². The highest BCUT2D eigenvalue weighted by Crippen LogP contribution is 2.23. The molecule has 0 bridgehead atoms. The van der Waals surface area contributed by atoms with Crippen molar-refractivity contribution < 1.29 is 17.9 Å². The molecule has 1 atom stereocenters. The first kappa shape index (κ1) is 21.8. The van der Waals surface area contributed by atoms with E-state index in [1.807, 2.05) is 6.07 Å². The lowest BCUT2D eigenvalue weighted by atomic mass is 10.2. The number of nitriles is 1. The van der Waals surface area contributed by atoms with Crippen molar-refractivity contribution in [3.8, 4) is 11.8 Å². The Hall–Kier alpha value is -2.89. The molecule has 1 fully saturated rings. The molecule has 0 saturated carbocycles. The van der Waals surface area contributed by atoms with E-state index in [0.717, 1.165) is 25.7 Å². The maximum atomic E-state index is 13.0. The van der Waals surface area contributed by atoms with Crippen molar-refractivity contribution >= 4 is 21.6 Å². The second-order valence-corrected chi connectivity index (χ2v) is 9.14. The normalized spacial score (nSPS) is 16.1. The van der Waals surface area contributed by atoms with Crippen molar-refractivity contribution in [1.82, 2.24) is 4.31 Å². The van der Waals surface area contributed by atoms with Crippen LogP contribution in [0.1, 0.15) is 38.2 Å².